The predicted octanol–water partition coefficient (Wildman–Crippen LogP) is 5.86. The smallest absolute Gasteiger partial charge is 0.408 e. The van der Waals surface area contributed by atoms with Crippen LogP contribution in [0.1, 0.15) is 0 Å². The molecule has 5 nitrogen and oxygen atoms in total. The Hall–Kier alpha value is -1.53. The normalized spacial score (nSPS) is 11.9. The topological polar surface area (TPSA) is 59.0 Å². The average molecular weight is 439 g/mol. The average Bonchev–Trinajstić information content (AvgIpc) is 2.60. The van der Waals surface area contributed by atoms with Gasteiger partial charge in [-0.2, -0.15) is 0 Å². The molecule has 0 aromatic heterocycles. The number of hydrogen-bond acceptors (Lipinski definition) is 3. The Morgan fingerprint density at radius 3 is 2.35 bits per heavy atom. The second kappa shape index (κ2) is 9.97. The number of carboxylic acid groups (broad SMARTS) is 1. The largest absolute Gasteiger partial charge is 0.490 e. The summed E-state index contributed by atoms with van der Waals surface area (Å²) in [6, 6.07) is 14.2. The number of halogens is 4. The van der Waals surface area contributed by atoms with E-state index in [2.05, 4.69) is 0 Å². The van der Waals surface area contributed by atoms with Gasteiger partial charge in [0.25, 0.3) is 0 Å². The molecule has 0 heterocycles. The molecule has 0 radical (unpaired) electrons. The van der Waals surface area contributed by atoms with Gasteiger partial charge in [-0.15, -0.1) is 23.2 Å². The molecule has 0 saturated heterocycles. The van der Waals surface area contributed by atoms with E-state index >= 15 is 0 Å². The molecule has 0 saturated carbocycles. The third-order valence-electron chi connectivity index (χ3n) is 3.22. The van der Waals surface area contributed by atoms with E-state index in [1.54, 1.807) is 18.2 Å². The molecule has 1 atom stereocenters. The van der Waals surface area contributed by atoms with Crippen LogP contribution in [0.5, 0.6) is 17.2 Å². The van der Waals surface area contributed by atoms with E-state index in [4.69, 9.17) is 61.0 Å². The molecule has 140 valence electrons. The zero-order chi connectivity index (χ0) is 19.1. The van der Waals surface area contributed by atoms with Crippen molar-refractivity contribution in [2.75, 3.05) is 13.2 Å². The minimum atomic E-state index is -1.25. The highest BCUT2D eigenvalue weighted by molar-refractivity contribution is 6.48. The number of amides is 1. The molecular weight excluding hydrogens is 424 g/mol. The molecule has 2 rings (SSSR count). The molecule has 2 aromatic carbocycles. The molecular formula is C17H15Cl4NO4. The monoisotopic (exact) mass is 437 g/mol. The van der Waals surface area contributed by atoms with E-state index in [9.17, 15) is 4.79 Å². The molecule has 9 heteroatoms. The lowest BCUT2D eigenvalue weighted by atomic mass is 10.3. The number of ether oxygens (including phenoxy) is 2. The van der Waals surface area contributed by atoms with Crippen molar-refractivity contribution in [3.63, 3.8) is 0 Å². The van der Waals surface area contributed by atoms with E-state index in [1.165, 1.54) is 0 Å². The maximum Gasteiger partial charge on any atom is 0.408 e. The van der Waals surface area contributed by atoms with Crippen molar-refractivity contribution >= 4 is 52.5 Å². The first kappa shape index (κ1) is 20.8. The Bertz CT molecular complexity index is 730. The Morgan fingerprint density at radius 2 is 1.77 bits per heavy atom. The highest BCUT2D eigenvalue weighted by Gasteiger charge is 2.26. The van der Waals surface area contributed by atoms with Crippen LogP contribution in [0.4, 0.5) is 4.79 Å². The third kappa shape index (κ3) is 6.02. The van der Waals surface area contributed by atoms with Gasteiger partial charge >= 0.3 is 6.09 Å². The quantitative estimate of drug-likeness (QED) is 0.414. The van der Waals surface area contributed by atoms with Crippen LogP contribution in [0.15, 0.2) is 48.5 Å². The van der Waals surface area contributed by atoms with E-state index in [0.29, 0.717) is 22.3 Å². The summed E-state index contributed by atoms with van der Waals surface area (Å²) in [5, 5.41) is 9.48. The van der Waals surface area contributed by atoms with Gasteiger partial charge in [-0.05, 0) is 24.3 Å². The number of benzene rings is 2. The predicted molar refractivity (Wildman–Crippen MR) is 103 cm³/mol. The van der Waals surface area contributed by atoms with Crippen molar-refractivity contribution in [3.8, 4) is 17.2 Å². The van der Waals surface area contributed by atoms with Crippen molar-refractivity contribution in [2.24, 2.45) is 0 Å². The first-order valence-corrected chi connectivity index (χ1v) is 9.14. The standard InChI is InChI=1S/C17H15Cl4NO4/c18-13-10-12(26-11-4-2-1-3-5-11)6-7-14(13)25-9-8-22(17(23)24)16(21)15(19)20/h1-7,10,15-16H,8-9H2,(H,23,24). The van der Waals surface area contributed by atoms with E-state index < -0.39 is 16.4 Å². The van der Waals surface area contributed by atoms with Crippen molar-refractivity contribution in [3.05, 3.63) is 53.6 Å². The maximum atomic E-state index is 11.2. The summed E-state index contributed by atoms with van der Waals surface area (Å²) in [5.41, 5.74) is -1.09. The van der Waals surface area contributed by atoms with Gasteiger partial charge in [0.2, 0.25) is 0 Å². The summed E-state index contributed by atoms with van der Waals surface area (Å²) in [6.07, 6.45) is -1.25. The van der Waals surface area contributed by atoms with Crippen molar-refractivity contribution in [1.29, 1.82) is 0 Å². The lowest BCUT2D eigenvalue weighted by Gasteiger charge is -2.25. The number of rotatable bonds is 8. The van der Waals surface area contributed by atoms with Crippen LogP contribution in [0.3, 0.4) is 0 Å². The highest BCUT2D eigenvalue weighted by Crippen LogP contribution is 2.31. The number of alkyl halides is 3. The van der Waals surface area contributed by atoms with E-state index in [1.807, 2.05) is 30.3 Å². The molecule has 0 aliphatic rings. The van der Waals surface area contributed by atoms with Crippen LogP contribution < -0.4 is 9.47 Å². The summed E-state index contributed by atoms with van der Waals surface area (Å²) in [5.74, 6) is 1.62. The van der Waals surface area contributed by atoms with Gasteiger partial charge in [0.15, 0.2) is 0 Å². The van der Waals surface area contributed by atoms with Crippen LogP contribution in [0, 0.1) is 0 Å². The highest BCUT2D eigenvalue weighted by atomic mass is 35.5. The molecule has 0 aliphatic heterocycles. The third-order valence-corrected chi connectivity index (χ3v) is 4.74. The zero-order valence-corrected chi connectivity index (χ0v) is 16.3. The minimum absolute atomic E-state index is 0.0224. The fourth-order valence-electron chi connectivity index (χ4n) is 2.00. The van der Waals surface area contributed by atoms with Gasteiger partial charge in [0.1, 0.15) is 34.2 Å². The van der Waals surface area contributed by atoms with Gasteiger partial charge < -0.3 is 14.6 Å². The Balaban J connectivity index is 1.94. The molecule has 0 bridgehead atoms. The van der Waals surface area contributed by atoms with Crippen LogP contribution in [-0.2, 0) is 0 Å². The van der Waals surface area contributed by atoms with Gasteiger partial charge in [0.05, 0.1) is 11.6 Å². The molecule has 0 fully saturated rings. The van der Waals surface area contributed by atoms with Crippen molar-refractivity contribution in [1.82, 2.24) is 4.90 Å². The van der Waals surface area contributed by atoms with Crippen LogP contribution in [0.2, 0.25) is 5.02 Å². The summed E-state index contributed by atoms with van der Waals surface area (Å²) in [4.78, 5) is 11.0. The molecule has 1 N–H and O–H groups in total. The Kier molecular flexibility index (Phi) is 7.97. The van der Waals surface area contributed by atoms with E-state index in [-0.39, 0.29) is 13.2 Å². The lowest BCUT2D eigenvalue weighted by molar-refractivity contribution is 0.131. The van der Waals surface area contributed by atoms with Crippen LogP contribution in [-0.4, -0.2) is 39.6 Å². The fourth-order valence-corrected chi connectivity index (χ4v) is 2.68. The molecule has 0 aliphatic carbocycles. The summed E-state index contributed by atoms with van der Waals surface area (Å²) in [7, 11) is 0. The Morgan fingerprint density at radius 1 is 1.08 bits per heavy atom. The molecule has 1 unspecified atom stereocenters. The maximum absolute atomic E-state index is 11.2. The van der Waals surface area contributed by atoms with Crippen molar-refractivity contribution < 1.29 is 19.4 Å². The number of carbonyl (C=O) groups is 1. The zero-order valence-electron chi connectivity index (χ0n) is 13.3. The second-order valence-corrected chi connectivity index (χ2v) is 7.06. The minimum Gasteiger partial charge on any atom is -0.490 e. The van der Waals surface area contributed by atoms with E-state index in [0.717, 1.165) is 4.90 Å². The van der Waals surface area contributed by atoms with Gasteiger partial charge in [-0.1, -0.05) is 41.4 Å². The number of para-hydroxylation sites is 1. The van der Waals surface area contributed by atoms with Gasteiger partial charge in [0, 0.05) is 6.07 Å². The summed E-state index contributed by atoms with van der Waals surface area (Å²) in [6.45, 7) is -0.00728. The first-order valence-electron chi connectivity index (χ1n) is 7.45. The fraction of sp³-hybridized carbons (Fsp3) is 0.235. The Labute approximate surface area is 170 Å². The first-order chi connectivity index (χ1) is 12.4. The molecule has 26 heavy (non-hydrogen) atoms. The summed E-state index contributed by atoms with van der Waals surface area (Å²) < 4.78 is 11.2. The number of nitrogens with zero attached hydrogens (tertiary/aromatic N) is 1. The summed E-state index contributed by atoms with van der Waals surface area (Å²) >= 11 is 23.3. The van der Waals surface area contributed by atoms with Crippen LogP contribution in [0.25, 0.3) is 0 Å². The molecule has 0 spiro atoms. The van der Waals surface area contributed by atoms with Gasteiger partial charge in [-0.25, -0.2) is 4.79 Å². The SMILES string of the molecule is O=C(O)N(CCOc1ccc(Oc2ccccc2)cc1Cl)C(Cl)C(Cl)Cl. The molecule has 1 amide bonds. The molecule has 2 aromatic rings. The van der Waals surface area contributed by atoms with Crippen molar-refractivity contribution in [2.45, 2.75) is 10.3 Å². The van der Waals surface area contributed by atoms with Gasteiger partial charge in [-0.3, -0.25) is 4.90 Å². The second-order valence-electron chi connectivity index (χ2n) is 5.04. The lowest BCUT2D eigenvalue weighted by Crippen LogP contribution is -2.42. The van der Waals surface area contributed by atoms with Crippen LogP contribution >= 0.6 is 46.4 Å². The number of hydrogen-bond donors (Lipinski definition) is 1.